The van der Waals surface area contributed by atoms with E-state index in [1.165, 1.54) is 19.2 Å². The van der Waals surface area contributed by atoms with Crippen LogP contribution in [0.15, 0.2) is 133 Å². The molecule has 0 radical (unpaired) electrons. The number of nitrogens with one attached hydrogen (secondary N) is 1. The number of allylic oxidation sites excluding steroid dienone is 1. The van der Waals surface area contributed by atoms with Gasteiger partial charge in [-0.3, -0.25) is 4.90 Å². The predicted molar refractivity (Wildman–Crippen MR) is 251 cm³/mol. The fraction of sp³-hybridized carbons (Fsp3) is 0.415. The van der Waals surface area contributed by atoms with Crippen molar-refractivity contribution >= 4 is 17.9 Å². The van der Waals surface area contributed by atoms with E-state index >= 15 is 0 Å². The van der Waals surface area contributed by atoms with Crippen LogP contribution in [0.3, 0.4) is 0 Å². The minimum Gasteiger partial charge on any atom is -0.459 e. The lowest BCUT2D eigenvalue weighted by molar-refractivity contribution is -0.256. The number of rotatable bonds is 23. The van der Waals surface area contributed by atoms with Crippen molar-refractivity contribution in [2.45, 2.75) is 82.4 Å². The van der Waals surface area contributed by atoms with Gasteiger partial charge < -0.3 is 44.1 Å². The third kappa shape index (κ3) is 12.1. The van der Waals surface area contributed by atoms with Crippen molar-refractivity contribution in [2.75, 3.05) is 40.1 Å². The first-order valence-electron chi connectivity index (χ1n) is 23.2. The van der Waals surface area contributed by atoms with E-state index in [4.69, 9.17) is 28.5 Å². The Morgan fingerprint density at radius 2 is 1.63 bits per heavy atom. The molecule has 1 aliphatic heterocycles. The SMILES string of the molecule is C=CCO[C@@]12Oc3ccc(OC(=O)NCc4ccccc4)cc3[C@H]3[C@H](CCCCO)[C@@H](CCCCO)C=C(C(=NOC)C[C@@H]1N(Cc1ccc(F)cc1)C(=O)OCCOCc1ccccc1)[C@H]32. The van der Waals surface area contributed by atoms with Crippen LogP contribution in [-0.4, -0.2) is 85.0 Å². The highest BCUT2D eigenvalue weighted by atomic mass is 19.1. The second-order valence-electron chi connectivity index (χ2n) is 17.1. The van der Waals surface area contributed by atoms with Gasteiger partial charge in [-0.1, -0.05) is 103 Å². The van der Waals surface area contributed by atoms with E-state index in [1.807, 2.05) is 66.7 Å². The number of carbonyl (C=O) groups is 2. The number of oxime groups is 1. The summed E-state index contributed by atoms with van der Waals surface area (Å²) >= 11 is 0. The van der Waals surface area contributed by atoms with Crippen molar-refractivity contribution in [1.82, 2.24) is 10.2 Å². The molecule has 13 nitrogen and oxygen atoms in total. The molecule has 1 fully saturated rings. The predicted octanol–water partition coefficient (Wildman–Crippen LogP) is 9.23. The maximum atomic E-state index is 14.8. The highest BCUT2D eigenvalue weighted by molar-refractivity contribution is 6.03. The first kappa shape index (κ1) is 48.9. The summed E-state index contributed by atoms with van der Waals surface area (Å²) < 4.78 is 46.5. The van der Waals surface area contributed by atoms with Crippen LogP contribution in [0.25, 0.3) is 0 Å². The summed E-state index contributed by atoms with van der Waals surface area (Å²) in [4.78, 5) is 35.2. The average molecular weight is 920 g/mol. The standard InChI is InChI=1S/C53H62FN3O10/c1-3-28-65-53-48(57(35-38-20-22-41(54)23-21-38)52(61)64-30-29-63-36-39-16-8-5-9-17-39)33-46(56-62-2)44-31-40(18-10-12-26-58)43(19-11-13-27-59)49(50(44)53)45-32-42(24-25-47(45)67-53)66-51(60)55-34-37-14-6-4-7-15-37/h3-9,14-17,20-25,31-32,40,43,48-50,58-59H,1,10-13,18-19,26-30,33-36H2,2H3,(H,55,60)/t40-,43+,48-,49+,50+,53+/m0/s1. The van der Waals surface area contributed by atoms with Crippen LogP contribution in [0.5, 0.6) is 11.5 Å². The number of carbonyl (C=O) groups excluding carboxylic acids is 2. The molecule has 67 heavy (non-hydrogen) atoms. The number of aliphatic hydroxyl groups excluding tert-OH is 2. The minimum atomic E-state index is -1.59. The van der Waals surface area contributed by atoms with Crippen LogP contribution in [0.4, 0.5) is 14.0 Å². The Morgan fingerprint density at radius 1 is 0.910 bits per heavy atom. The molecular weight excluding hydrogens is 858 g/mol. The topological polar surface area (TPSA) is 158 Å². The molecular formula is C53H62FN3O10. The molecule has 6 atom stereocenters. The van der Waals surface area contributed by atoms with Crippen LogP contribution in [0.2, 0.25) is 0 Å². The Hall–Kier alpha value is -6.06. The number of ether oxygens (including phenoxy) is 5. The second kappa shape index (κ2) is 24.1. The molecule has 1 saturated carbocycles. The van der Waals surface area contributed by atoms with E-state index in [9.17, 15) is 24.2 Å². The van der Waals surface area contributed by atoms with Gasteiger partial charge in [0, 0.05) is 44.2 Å². The molecule has 7 rings (SSSR count). The Morgan fingerprint density at radius 3 is 2.33 bits per heavy atom. The molecule has 14 heteroatoms. The molecule has 0 saturated heterocycles. The van der Waals surface area contributed by atoms with Crippen molar-refractivity contribution in [3.8, 4) is 11.5 Å². The molecule has 2 amide bonds. The number of fused-ring (bicyclic) bond motifs is 2. The van der Waals surface area contributed by atoms with Crippen molar-refractivity contribution in [1.29, 1.82) is 0 Å². The quantitative estimate of drug-likeness (QED) is 0.0372. The molecule has 1 heterocycles. The van der Waals surface area contributed by atoms with Crippen LogP contribution < -0.4 is 14.8 Å². The van der Waals surface area contributed by atoms with Gasteiger partial charge in [-0.2, -0.15) is 0 Å². The van der Waals surface area contributed by atoms with Crippen LogP contribution in [-0.2, 0) is 38.7 Å². The summed E-state index contributed by atoms with van der Waals surface area (Å²) in [5.74, 6) is -2.31. The van der Waals surface area contributed by atoms with Gasteiger partial charge in [0.25, 0.3) is 0 Å². The minimum absolute atomic E-state index is 0.00461. The number of benzene rings is 4. The fourth-order valence-corrected chi connectivity index (χ4v) is 9.86. The normalized spacial score (nSPS) is 22.1. The zero-order valence-corrected chi connectivity index (χ0v) is 38.1. The third-order valence-electron chi connectivity index (χ3n) is 12.8. The third-order valence-corrected chi connectivity index (χ3v) is 12.8. The lowest BCUT2D eigenvalue weighted by Crippen LogP contribution is -2.70. The fourth-order valence-electron chi connectivity index (χ4n) is 9.86. The van der Waals surface area contributed by atoms with Crippen molar-refractivity contribution in [3.05, 3.63) is 156 Å². The lowest BCUT2D eigenvalue weighted by atomic mass is 9.55. The molecule has 0 bridgehead atoms. The molecule has 0 unspecified atom stereocenters. The molecule has 4 aromatic carbocycles. The van der Waals surface area contributed by atoms with Gasteiger partial charge in [0.15, 0.2) is 0 Å². The first-order valence-corrected chi connectivity index (χ1v) is 23.2. The summed E-state index contributed by atoms with van der Waals surface area (Å²) in [5.41, 5.74) is 4.74. The van der Waals surface area contributed by atoms with Crippen molar-refractivity contribution in [3.63, 3.8) is 0 Å². The van der Waals surface area contributed by atoms with E-state index in [1.54, 1.807) is 35.2 Å². The number of aliphatic hydroxyl groups is 2. The molecule has 0 spiro atoms. The summed E-state index contributed by atoms with van der Waals surface area (Å²) in [6.45, 7) is 4.83. The van der Waals surface area contributed by atoms with Gasteiger partial charge in [-0.25, -0.2) is 14.0 Å². The molecule has 2 aliphatic carbocycles. The largest absolute Gasteiger partial charge is 0.459 e. The number of amides is 2. The molecule has 356 valence electrons. The number of hydrogen-bond donors (Lipinski definition) is 3. The maximum Gasteiger partial charge on any atom is 0.412 e. The Balaban J connectivity index is 1.33. The summed E-state index contributed by atoms with van der Waals surface area (Å²) in [6, 6.07) is 29.6. The van der Waals surface area contributed by atoms with Gasteiger partial charge in [0.1, 0.15) is 37.1 Å². The van der Waals surface area contributed by atoms with E-state index in [0.717, 1.165) is 41.5 Å². The van der Waals surface area contributed by atoms with Crippen LogP contribution in [0, 0.1) is 23.6 Å². The van der Waals surface area contributed by atoms with Crippen LogP contribution >= 0.6 is 0 Å². The van der Waals surface area contributed by atoms with Crippen molar-refractivity contribution in [2.24, 2.45) is 22.9 Å². The molecule has 3 aliphatic rings. The zero-order chi connectivity index (χ0) is 47.0. The number of unbranched alkanes of at least 4 members (excludes halogenated alkanes) is 2. The van der Waals surface area contributed by atoms with E-state index in [2.05, 4.69) is 23.1 Å². The highest BCUT2D eigenvalue weighted by Crippen LogP contribution is 2.62. The van der Waals surface area contributed by atoms with Gasteiger partial charge in [-0.05, 0) is 90.1 Å². The molecule has 3 N–H and O–H groups in total. The van der Waals surface area contributed by atoms with Crippen molar-refractivity contribution < 1.29 is 52.7 Å². The molecule has 4 aromatic rings. The average Bonchev–Trinajstić information content (AvgIpc) is 3.34. The van der Waals surface area contributed by atoms with E-state index in [-0.39, 0.29) is 70.3 Å². The monoisotopic (exact) mass is 919 g/mol. The number of hydrogen-bond acceptors (Lipinski definition) is 11. The first-order chi connectivity index (χ1) is 32.8. The summed E-state index contributed by atoms with van der Waals surface area (Å²) in [7, 11) is 1.48. The second-order valence-corrected chi connectivity index (χ2v) is 17.1. The van der Waals surface area contributed by atoms with Gasteiger partial charge >= 0.3 is 12.2 Å². The number of halogens is 1. The van der Waals surface area contributed by atoms with E-state index in [0.29, 0.717) is 48.6 Å². The highest BCUT2D eigenvalue weighted by Gasteiger charge is 2.65. The Kier molecular flexibility index (Phi) is 17.6. The lowest BCUT2D eigenvalue weighted by Gasteiger charge is -2.59. The van der Waals surface area contributed by atoms with Gasteiger partial charge in [-0.15, -0.1) is 6.58 Å². The van der Waals surface area contributed by atoms with E-state index < -0.39 is 35.8 Å². The summed E-state index contributed by atoms with van der Waals surface area (Å²) in [6.07, 6.45) is 6.86. The van der Waals surface area contributed by atoms with Gasteiger partial charge in [0.2, 0.25) is 5.79 Å². The Labute approximate surface area is 392 Å². The van der Waals surface area contributed by atoms with Crippen LogP contribution in [0.1, 0.15) is 73.1 Å². The zero-order valence-electron chi connectivity index (χ0n) is 38.1. The summed E-state index contributed by atoms with van der Waals surface area (Å²) in [5, 5.41) is 27.4. The Bertz CT molecular complexity index is 2290. The van der Waals surface area contributed by atoms with Gasteiger partial charge in [0.05, 0.1) is 31.5 Å². The smallest absolute Gasteiger partial charge is 0.412 e. The number of nitrogens with zero attached hydrogens (tertiary/aromatic N) is 2. The molecule has 0 aromatic heterocycles. The maximum absolute atomic E-state index is 14.8.